The number of nitrogens with one attached hydrogen (secondary N) is 2. The van der Waals surface area contributed by atoms with Gasteiger partial charge in [0.05, 0.1) is 5.71 Å². The van der Waals surface area contributed by atoms with Gasteiger partial charge >= 0.3 is 7.48 Å². The van der Waals surface area contributed by atoms with Crippen LogP contribution in [0.5, 0.6) is 0 Å². The minimum Gasteiger partial charge on any atom is -0.450 e. The van der Waals surface area contributed by atoms with E-state index in [2.05, 4.69) is 35.3 Å². The van der Waals surface area contributed by atoms with Crippen molar-refractivity contribution in [2.45, 2.75) is 52.4 Å². The molecule has 6 rings (SSSR count). The number of aromatic nitrogens is 2. The van der Waals surface area contributed by atoms with E-state index in [9.17, 15) is 5.02 Å². The molecule has 5 nitrogen and oxygen atoms in total. The Morgan fingerprint density at radius 2 is 2.14 bits per heavy atom. The van der Waals surface area contributed by atoms with Crippen LogP contribution < -0.4 is 10.9 Å². The number of hydrogen-bond acceptors (Lipinski definition) is 4. The summed E-state index contributed by atoms with van der Waals surface area (Å²) in [7, 11) is 1.20. The first kappa shape index (κ1) is 18.2. The second-order valence-electron chi connectivity index (χ2n) is 9.67. The van der Waals surface area contributed by atoms with Gasteiger partial charge in [-0.2, -0.15) is 5.10 Å². The lowest BCUT2D eigenvalue weighted by Gasteiger charge is -2.59. The van der Waals surface area contributed by atoms with E-state index in [1.54, 1.807) is 6.20 Å². The highest BCUT2D eigenvalue weighted by Gasteiger charge is 2.54. The number of hydrazone groups is 1. The minimum atomic E-state index is 0.466. The van der Waals surface area contributed by atoms with Crippen molar-refractivity contribution < 1.29 is 5.02 Å². The van der Waals surface area contributed by atoms with E-state index in [1.807, 2.05) is 6.20 Å². The molecule has 0 saturated heterocycles. The van der Waals surface area contributed by atoms with Gasteiger partial charge in [-0.1, -0.05) is 13.8 Å². The van der Waals surface area contributed by atoms with E-state index in [0.717, 1.165) is 46.7 Å². The zero-order valence-electron chi connectivity index (χ0n) is 16.9. The smallest absolute Gasteiger partial charge is 0.329 e. The molecule has 2 atom stereocenters. The third kappa shape index (κ3) is 2.88. The Morgan fingerprint density at radius 3 is 2.82 bits per heavy atom. The number of nitrogens with zero attached hydrogens (tertiary/aromatic N) is 2. The van der Waals surface area contributed by atoms with Gasteiger partial charge in [-0.3, -0.25) is 0 Å². The van der Waals surface area contributed by atoms with E-state index in [0.29, 0.717) is 23.2 Å². The largest absolute Gasteiger partial charge is 0.450 e. The highest BCUT2D eigenvalue weighted by molar-refractivity contribution is 6.49. The van der Waals surface area contributed by atoms with Crippen molar-refractivity contribution in [2.75, 3.05) is 6.54 Å². The zero-order chi connectivity index (χ0) is 19.3. The number of aromatic amines is 1. The van der Waals surface area contributed by atoms with Gasteiger partial charge in [0.2, 0.25) is 0 Å². The molecule has 0 aromatic carbocycles. The lowest BCUT2D eigenvalue weighted by Crippen LogP contribution is -2.53. The molecule has 4 aliphatic rings. The molecule has 2 aromatic heterocycles. The lowest BCUT2D eigenvalue weighted by atomic mass is 9.45. The molecule has 0 amide bonds. The van der Waals surface area contributed by atoms with Crippen LogP contribution in [0.15, 0.2) is 23.6 Å². The first-order valence-electron chi connectivity index (χ1n) is 10.9. The van der Waals surface area contributed by atoms with Crippen LogP contribution in [-0.2, 0) is 0 Å². The molecule has 28 heavy (non-hydrogen) atoms. The highest BCUT2D eigenvalue weighted by Crippen LogP contribution is 2.62. The summed E-state index contributed by atoms with van der Waals surface area (Å²) in [6, 6.07) is 2.07. The Hall–Kier alpha value is -1.82. The van der Waals surface area contributed by atoms with Crippen LogP contribution >= 0.6 is 0 Å². The molecule has 2 unspecified atom stereocenters. The molecule has 0 spiro atoms. The number of fused-ring (bicyclic) bond motifs is 1. The van der Waals surface area contributed by atoms with Gasteiger partial charge in [0, 0.05) is 35.8 Å². The standard InChI is InChI=1S/C22H30BN4O/c1-3-5-26-27-20(19-16-4-6-24-21(16)25-12-17(19)23-28)18-14-7-13-8-15(18)11-22(2,9-13)10-14/h4,6,12-15,18,26,28H,3,5,7-11H2,1-2H3,(H,24,25)/b27-20-. The average Bonchev–Trinajstić information content (AvgIpc) is 3.13. The van der Waals surface area contributed by atoms with E-state index in [4.69, 9.17) is 5.10 Å². The molecule has 3 N–H and O–H groups in total. The van der Waals surface area contributed by atoms with Gasteiger partial charge in [0.25, 0.3) is 0 Å². The number of H-pyrrole nitrogens is 1. The van der Waals surface area contributed by atoms with Crippen LogP contribution in [0, 0.1) is 29.1 Å². The third-order valence-corrected chi connectivity index (χ3v) is 7.47. The molecule has 4 fully saturated rings. The van der Waals surface area contributed by atoms with Gasteiger partial charge < -0.3 is 15.4 Å². The summed E-state index contributed by atoms with van der Waals surface area (Å²) in [6.45, 7) is 5.53. The SMILES string of the molecule is CCCN/N=C(\c1c([B]O)cnc2[nH]ccc12)C1C2CC3CC1CC(C)(C3)C2. The average molecular weight is 377 g/mol. The normalized spacial score (nSPS) is 34.2. The minimum absolute atomic E-state index is 0.466. The Morgan fingerprint density at radius 1 is 1.36 bits per heavy atom. The van der Waals surface area contributed by atoms with Crippen LogP contribution in [0.4, 0.5) is 0 Å². The summed E-state index contributed by atoms with van der Waals surface area (Å²) < 4.78 is 0. The monoisotopic (exact) mass is 377 g/mol. The first-order valence-corrected chi connectivity index (χ1v) is 10.9. The van der Waals surface area contributed by atoms with Gasteiger partial charge in [-0.25, -0.2) is 4.98 Å². The zero-order valence-corrected chi connectivity index (χ0v) is 16.9. The fraction of sp³-hybridized carbons (Fsp3) is 0.636. The van der Waals surface area contributed by atoms with Crippen molar-refractivity contribution in [1.29, 1.82) is 0 Å². The second-order valence-corrected chi connectivity index (χ2v) is 9.67. The van der Waals surface area contributed by atoms with Crippen molar-refractivity contribution >= 4 is 29.7 Å². The summed E-state index contributed by atoms with van der Waals surface area (Å²) in [4.78, 5) is 7.70. The third-order valence-electron chi connectivity index (χ3n) is 7.47. The fourth-order valence-corrected chi connectivity index (χ4v) is 6.83. The summed E-state index contributed by atoms with van der Waals surface area (Å²) in [5, 5.41) is 16.0. The summed E-state index contributed by atoms with van der Waals surface area (Å²) in [6.07, 6.45) is 11.5. The van der Waals surface area contributed by atoms with Crippen LogP contribution in [-0.4, -0.2) is 34.7 Å². The number of hydrogen-bond donors (Lipinski definition) is 3. The van der Waals surface area contributed by atoms with Crippen LogP contribution in [0.2, 0.25) is 0 Å². The maximum Gasteiger partial charge on any atom is 0.329 e. The predicted molar refractivity (Wildman–Crippen MR) is 114 cm³/mol. The van der Waals surface area contributed by atoms with Crippen molar-refractivity contribution in [3.05, 3.63) is 24.0 Å². The Bertz CT molecular complexity index is 891. The Balaban J connectivity index is 1.63. The Labute approximate surface area is 167 Å². The molecule has 147 valence electrons. The van der Waals surface area contributed by atoms with E-state index in [-0.39, 0.29) is 0 Å². The fourth-order valence-electron chi connectivity index (χ4n) is 6.83. The molecular weight excluding hydrogens is 347 g/mol. The second kappa shape index (κ2) is 6.91. The van der Waals surface area contributed by atoms with Crippen LogP contribution in [0.25, 0.3) is 11.0 Å². The quantitative estimate of drug-likeness (QED) is 0.314. The molecule has 4 saturated carbocycles. The van der Waals surface area contributed by atoms with Crippen molar-refractivity contribution in [3.8, 4) is 0 Å². The van der Waals surface area contributed by atoms with Crippen LogP contribution in [0.3, 0.4) is 0 Å². The van der Waals surface area contributed by atoms with Crippen molar-refractivity contribution in [3.63, 3.8) is 0 Å². The highest BCUT2D eigenvalue weighted by atomic mass is 16.2. The topological polar surface area (TPSA) is 73.3 Å². The molecule has 0 aliphatic heterocycles. The molecule has 6 heteroatoms. The summed E-state index contributed by atoms with van der Waals surface area (Å²) >= 11 is 0. The molecule has 2 heterocycles. The molecular formula is C22H30BN4O. The predicted octanol–water partition coefficient (Wildman–Crippen LogP) is 2.97. The molecule has 2 aromatic rings. The molecule has 1 radical (unpaired) electrons. The van der Waals surface area contributed by atoms with Gasteiger partial charge in [0.1, 0.15) is 5.65 Å². The van der Waals surface area contributed by atoms with Crippen molar-refractivity contribution in [1.82, 2.24) is 15.4 Å². The number of pyridine rings is 1. The van der Waals surface area contributed by atoms with E-state index >= 15 is 0 Å². The van der Waals surface area contributed by atoms with Gasteiger partial charge in [-0.15, -0.1) is 0 Å². The summed E-state index contributed by atoms with van der Waals surface area (Å²) in [5.41, 5.74) is 7.67. The maximum absolute atomic E-state index is 9.98. The summed E-state index contributed by atoms with van der Waals surface area (Å²) in [5.74, 6) is 2.77. The van der Waals surface area contributed by atoms with E-state index < -0.39 is 0 Å². The number of rotatable bonds is 6. The maximum atomic E-state index is 9.98. The molecule has 4 aliphatic carbocycles. The van der Waals surface area contributed by atoms with Gasteiger partial charge in [0.15, 0.2) is 0 Å². The van der Waals surface area contributed by atoms with Crippen LogP contribution in [0.1, 0.15) is 57.9 Å². The van der Waals surface area contributed by atoms with E-state index in [1.165, 1.54) is 39.6 Å². The lowest BCUT2D eigenvalue weighted by molar-refractivity contribution is -0.0635. The van der Waals surface area contributed by atoms with Crippen molar-refractivity contribution in [2.24, 2.45) is 34.2 Å². The molecule has 4 bridgehead atoms. The Kier molecular flexibility index (Phi) is 4.50. The van der Waals surface area contributed by atoms with Gasteiger partial charge in [-0.05, 0) is 73.2 Å². The first-order chi connectivity index (χ1) is 13.6.